The fourth-order valence-corrected chi connectivity index (χ4v) is 10.3. The topological polar surface area (TPSA) is 24.7 Å². The van der Waals surface area contributed by atoms with E-state index in [1.165, 1.54) is 146 Å². The molecule has 0 aliphatic rings. The Morgan fingerprint density at radius 3 is 1.57 bits per heavy atom. The number of rotatable bonds is 31. The predicted molar refractivity (Wildman–Crippen MR) is 333 cm³/mol. The number of unbranched alkanes of at least 4 members (excludes halogenated alkanes) is 10. The molecule has 404 valence electrons. The predicted octanol–water partition coefficient (Wildman–Crippen LogP) is 21.3. The molecule has 3 rings (SSSR count). The van der Waals surface area contributed by atoms with Crippen molar-refractivity contribution in [2.45, 2.75) is 257 Å². The summed E-state index contributed by atoms with van der Waals surface area (Å²) in [6, 6.07) is 16.9. The van der Waals surface area contributed by atoms with Gasteiger partial charge in [0.25, 0.3) is 0 Å². The Hall–Kier alpha value is -5.02. The third kappa shape index (κ3) is 22.8. The summed E-state index contributed by atoms with van der Waals surface area (Å²) in [6.07, 6.45) is 46.0. The monoisotopic (exact) mass is 999 g/mol. The maximum absolute atomic E-state index is 6.51. The fraction of sp³-hybridized carbons (Fsp3) is 0.583. The first kappa shape index (κ1) is 65.1. The standard InChI is InChI=1S/C70H98N2.C2H6.2H/c1-14-22-27-29-42-60(39-25-17-4)44-35-46-62-50-52-68(64(20-7)55(62)10)58(13)72-70(71-57(12)67(66-48-33-31-37-54(66)9)49-34-32-41-59(19-6)38-24-16-3)69-53-51-63(56(11)65(69)21-8)47-36-45-61(40-26-18-5)43-30-28-23-15-2;1-2;;/h7-8,31,33,37,48-53,58-61H,14-19,22-30,32,34,38-45H2,1-6,9-13H3;1-2H3;;/b67-49-,71-57?,72-70?;;;. The SMILES string of the molecule is C#Cc1c(C(N=C(C)/C(=C/CCCC(CC)CCCC)c2ccccc2C)=NC(C)c2ccc(C#CCC(CCCC)CCCCCC)c(C)c2C#C)ccc(C#CCC(CCCC)CCCCCC)c1C.CC.[H].[H]. The molecule has 0 aliphatic heterocycles. The second-order valence-corrected chi connectivity index (χ2v) is 21.0. The summed E-state index contributed by atoms with van der Waals surface area (Å²) in [5.74, 6) is 23.2. The third-order valence-electron chi connectivity index (χ3n) is 15.2. The molecule has 2 nitrogen and oxygen atoms in total. The summed E-state index contributed by atoms with van der Waals surface area (Å²) in [6.45, 7) is 28.5. The molecule has 0 saturated heterocycles. The van der Waals surface area contributed by atoms with Crippen molar-refractivity contribution >= 4 is 17.1 Å². The molecule has 0 heterocycles. The number of benzene rings is 3. The van der Waals surface area contributed by atoms with Gasteiger partial charge in [-0.2, -0.15) is 0 Å². The van der Waals surface area contributed by atoms with Gasteiger partial charge < -0.3 is 0 Å². The van der Waals surface area contributed by atoms with Gasteiger partial charge in [-0.1, -0.05) is 236 Å². The van der Waals surface area contributed by atoms with Crippen molar-refractivity contribution in [2.75, 3.05) is 0 Å². The number of aryl methyl sites for hydroxylation is 1. The lowest BCUT2D eigenvalue weighted by Crippen LogP contribution is -2.11. The quantitative estimate of drug-likeness (QED) is 0.0266. The Morgan fingerprint density at radius 1 is 0.568 bits per heavy atom. The van der Waals surface area contributed by atoms with Gasteiger partial charge in [-0.05, 0) is 142 Å². The Balaban J connectivity index is 0.0000139. The number of hydrogen-bond acceptors (Lipinski definition) is 1. The van der Waals surface area contributed by atoms with Crippen LogP contribution < -0.4 is 0 Å². The number of hydrogen-bond donors (Lipinski definition) is 0. The smallest absolute Gasteiger partial charge is 0.156 e. The number of allylic oxidation sites excluding steroid dienone is 2. The van der Waals surface area contributed by atoms with Crippen LogP contribution in [0.1, 0.15) is 294 Å². The van der Waals surface area contributed by atoms with Gasteiger partial charge >= 0.3 is 0 Å². The minimum absolute atomic E-state index is 0. The highest BCUT2D eigenvalue weighted by Crippen LogP contribution is 2.31. The molecular weight excluding hydrogens is 893 g/mol. The lowest BCUT2D eigenvalue weighted by atomic mass is 9.91. The van der Waals surface area contributed by atoms with Crippen molar-refractivity contribution in [1.82, 2.24) is 0 Å². The lowest BCUT2D eigenvalue weighted by Gasteiger charge is -2.18. The average Bonchev–Trinajstić information content (AvgIpc) is 3.41. The summed E-state index contributed by atoms with van der Waals surface area (Å²) in [4.78, 5) is 11.1. The van der Waals surface area contributed by atoms with Crippen LogP contribution in [0.2, 0.25) is 0 Å². The Bertz CT molecular complexity index is 2390. The number of terminal acetylenes is 2. The van der Waals surface area contributed by atoms with Gasteiger partial charge in [-0.25, -0.2) is 4.99 Å². The van der Waals surface area contributed by atoms with Crippen LogP contribution in [0, 0.1) is 86.9 Å². The molecule has 0 saturated carbocycles. The first-order valence-corrected chi connectivity index (χ1v) is 30.1. The molecule has 3 aromatic rings. The van der Waals surface area contributed by atoms with E-state index >= 15 is 0 Å². The number of nitrogens with zero attached hydrogens (tertiary/aromatic N) is 2. The van der Waals surface area contributed by atoms with Crippen LogP contribution in [-0.2, 0) is 0 Å². The van der Waals surface area contributed by atoms with Crippen LogP contribution in [0.3, 0.4) is 0 Å². The summed E-state index contributed by atoms with van der Waals surface area (Å²) < 4.78 is 0. The zero-order valence-electron chi connectivity index (χ0n) is 51.7. The van der Waals surface area contributed by atoms with Crippen LogP contribution in [0.15, 0.2) is 64.6 Å². The van der Waals surface area contributed by atoms with Gasteiger partial charge in [-0.3, -0.25) is 4.99 Å². The molecule has 0 amide bonds. The van der Waals surface area contributed by atoms with Gasteiger partial charge in [-0.15, -0.1) is 12.8 Å². The van der Waals surface area contributed by atoms with Crippen LogP contribution in [0.25, 0.3) is 5.57 Å². The van der Waals surface area contributed by atoms with Crippen molar-refractivity contribution in [3.8, 4) is 48.4 Å². The van der Waals surface area contributed by atoms with Crippen molar-refractivity contribution in [1.29, 1.82) is 0 Å². The normalized spacial score (nSPS) is 13.3. The van der Waals surface area contributed by atoms with E-state index in [2.05, 4.69) is 166 Å². The van der Waals surface area contributed by atoms with E-state index in [0.29, 0.717) is 17.7 Å². The number of amidine groups is 1. The van der Waals surface area contributed by atoms with Crippen molar-refractivity contribution in [2.24, 2.45) is 27.7 Å². The lowest BCUT2D eigenvalue weighted by molar-refractivity contribution is 0.411. The first-order valence-electron chi connectivity index (χ1n) is 30.1. The van der Waals surface area contributed by atoms with Crippen LogP contribution in [0.5, 0.6) is 0 Å². The largest absolute Gasteiger partial charge is 0.258 e. The van der Waals surface area contributed by atoms with Crippen molar-refractivity contribution in [3.05, 3.63) is 110 Å². The Kier molecular flexibility index (Phi) is 34.7. The summed E-state index contributed by atoms with van der Waals surface area (Å²) in [7, 11) is 0. The Labute approximate surface area is 460 Å². The molecule has 0 spiro atoms. The summed E-state index contributed by atoms with van der Waals surface area (Å²) in [5, 5.41) is 0. The summed E-state index contributed by atoms with van der Waals surface area (Å²) in [5.41, 5.74) is 11.9. The van der Waals surface area contributed by atoms with Crippen LogP contribution >= 0.6 is 0 Å². The maximum atomic E-state index is 6.51. The van der Waals surface area contributed by atoms with E-state index < -0.39 is 0 Å². The zero-order chi connectivity index (χ0) is 54.5. The molecule has 0 aromatic heterocycles. The molecule has 0 bridgehead atoms. The number of aliphatic imine (C=N–C) groups is 2. The molecule has 74 heavy (non-hydrogen) atoms. The maximum Gasteiger partial charge on any atom is 0.156 e. The second-order valence-electron chi connectivity index (χ2n) is 21.0. The summed E-state index contributed by atoms with van der Waals surface area (Å²) >= 11 is 0. The van der Waals surface area contributed by atoms with Gasteiger partial charge in [0, 0.05) is 49.2 Å². The van der Waals surface area contributed by atoms with Crippen molar-refractivity contribution in [3.63, 3.8) is 0 Å². The third-order valence-corrected chi connectivity index (χ3v) is 15.2. The second kappa shape index (κ2) is 39.4. The van der Waals surface area contributed by atoms with Crippen LogP contribution in [-0.4, -0.2) is 11.5 Å². The van der Waals surface area contributed by atoms with Crippen molar-refractivity contribution < 1.29 is 2.85 Å². The molecule has 2 heteroatoms. The molecule has 0 aliphatic carbocycles. The van der Waals surface area contributed by atoms with Gasteiger partial charge in [0.1, 0.15) is 0 Å². The van der Waals surface area contributed by atoms with Crippen LogP contribution in [0.4, 0.5) is 0 Å². The molecule has 4 unspecified atom stereocenters. The Morgan fingerprint density at radius 2 is 1.05 bits per heavy atom. The van der Waals surface area contributed by atoms with E-state index in [9.17, 15) is 0 Å². The first-order chi connectivity index (χ1) is 36.0. The highest BCUT2D eigenvalue weighted by molar-refractivity contribution is 6.27. The molecule has 3 aromatic carbocycles. The van der Waals surface area contributed by atoms with E-state index in [4.69, 9.17) is 22.8 Å². The van der Waals surface area contributed by atoms with E-state index in [1.54, 1.807) is 0 Å². The van der Waals surface area contributed by atoms with E-state index in [1.807, 2.05) is 13.8 Å². The fourth-order valence-electron chi connectivity index (χ4n) is 10.3. The van der Waals surface area contributed by atoms with Gasteiger partial charge in [0.05, 0.1) is 6.04 Å². The molecular formula is C72H106N2. The molecule has 0 fully saturated rings. The van der Waals surface area contributed by atoms with E-state index in [-0.39, 0.29) is 8.90 Å². The van der Waals surface area contributed by atoms with Gasteiger partial charge in [0.2, 0.25) is 0 Å². The average molecular weight is 1000 g/mol. The molecule has 2 radical (unpaired) electrons. The molecule has 4 atom stereocenters. The highest BCUT2D eigenvalue weighted by Gasteiger charge is 2.20. The minimum atomic E-state index is -0.312. The molecule has 0 N–H and O–H groups in total. The van der Waals surface area contributed by atoms with E-state index in [0.717, 1.165) is 87.4 Å². The zero-order valence-corrected chi connectivity index (χ0v) is 49.7. The minimum Gasteiger partial charge on any atom is -0.258 e. The highest BCUT2D eigenvalue weighted by atomic mass is 14.9. The van der Waals surface area contributed by atoms with Gasteiger partial charge in [0.15, 0.2) is 5.84 Å².